The van der Waals surface area contributed by atoms with E-state index >= 15 is 0 Å². The van der Waals surface area contributed by atoms with E-state index in [1.165, 1.54) is 0 Å². The first-order valence-electron chi connectivity index (χ1n) is 6.87. The lowest BCUT2D eigenvalue weighted by molar-refractivity contribution is -0.127. The van der Waals surface area contributed by atoms with Gasteiger partial charge in [-0.25, -0.2) is 0 Å². The first-order chi connectivity index (χ1) is 9.45. The van der Waals surface area contributed by atoms with E-state index in [2.05, 4.69) is 28.2 Å². The lowest BCUT2D eigenvalue weighted by atomic mass is 10.1. The standard InChI is InChI=1S/C15H22BrNO3/c1-4-5-8-17-15(19)11(3)20-14-9-12(16)6-7-13(14)10(2)18/h6-7,9-11,18H,4-5,8H2,1-3H3,(H,17,19). The van der Waals surface area contributed by atoms with Gasteiger partial charge in [-0.3, -0.25) is 4.79 Å². The number of unbranched alkanes of at least 4 members (excludes halogenated alkanes) is 1. The number of aliphatic hydroxyl groups excluding tert-OH is 1. The Morgan fingerprint density at radius 2 is 2.15 bits per heavy atom. The maximum atomic E-state index is 11.9. The van der Waals surface area contributed by atoms with Crippen LogP contribution in [0.2, 0.25) is 0 Å². The zero-order chi connectivity index (χ0) is 15.1. The predicted octanol–water partition coefficient (Wildman–Crippen LogP) is 3.19. The minimum atomic E-state index is -0.645. The Hall–Kier alpha value is -1.07. The van der Waals surface area contributed by atoms with Crippen LogP contribution in [0.4, 0.5) is 0 Å². The molecule has 0 saturated carbocycles. The van der Waals surface area contributed by atoms with Crippen molar-refractivity contribution in [2.45, 2.75) is 45.8 Å². The lowest BCUT2D eigenvalue weighted by Gasteiger charge is -2.18. The minimum absolute atomic E-state index is 0.144. The van der Waals surface area contributed by atoms with Crippen LogP contribution in [0.25, 0.3) is 0 Å². The largest absolute Gasteiger partial charge is 0.480 e. The molecule has 4 nitrogen and oxygen atoms in total. The summed E-state index contributed by atoms with van der Waals surface area (Å²) < 4.78 is 6.52. The quantitative estimate of drug-likeness (QED) is 0.747. The fourth-order valence-corrected chi connectivity index (χ4v) is 2.07. The summed E-state index contributed by atoms with van der Waals surface area (Å²) in [7, 11) is 0. The molecule has 1 aromatic rings. The van der Waals surface area contributed by atoms with Crippen molar-refractivity contribution < 1.29 is 14.6 Å². The molecule has 0 heterocycles. The Bertz CT molecular complexity index is 449. The van der Waals surface area contributed by atoms with Crippen LogP contribution in [0.5, 0.6) is 5.75 Å². The number of carbonyl (C=O) groups excluding carboxylic acids is 1. The molecule has 5 heteroatoms. The van der Waals surface area contributed by atoms with Crippen LogP contribution < -0.4 is 10.1 Å². The number of amides is 1. The average Bonchev–Trinajstić information content (AvgIpc) is 2.38. The third kappa shape index (κ3) is 5.13. The molecule has 20 heavy (non-hydrogen) atoms. The molecule has 2 unspecified atom stereocenters. The highest BCUT2D eigenvalue weighted by molar-refractivity contribution is 9.10. The highest BCUT2D eigenvalue weighted by atomic mass is 79.9. The highest BCUT2D eigenvalue weighted by Crippen LogP contribution is 2.29. The van der Waals surface area contributed by atoms with Crippen molar-refractivity contribution in [2.75, 3.05) is 6.54 Å². The number of aliphatic hydroxyl groups is 1. The molecule has 0 aliphatic rings. The number of halogens is 1. The number of hydrogen-bond donors (Lipinski definition) is 2. The predicted molar refractivity (Wildman–Crippen MR) is 82.8 cm³/mol. The molecule has 0 aliphatic carbocycles. The van der Waals surface area contributed by atoms with E-state index in [4.69, 9.17) is 4.74 Å². The summed E-state index contributed by atoms with van der Waals surface area (Å²) in [5.41, 5.74) is 0.668. The van der Waals surface area contributed by atoms with Crippen molar-refractivity contribution in [1.82, 2.24) is 5.32 Å². The van der Waals surface area contributed by atoms with Crippen molar-refractivity contribution in [3.63, 3.8) is 0 Å². The summed E-state index contributed by atoms with van der Waals surface area (Å²) in [5, 5.41) is 12.6. The third-order valence-electron chi connectivity index (χ3n) is 2.93. The van der Waals surface area contributed by atoms with Crippen LogP contribution in [0.15, 0.2) is 22.7 Å². The molecule has 2 N–H and O–H groups in total. The van der Waals surface area contributed by atoms with E-state index in [1.54, 1.807) is 26.0 Å². The Morgan fingerprint density at radius 3 is 2.75 bits per heavy atom. The summed E-state index contributed by atoms with van der Waals surface area (Å²) in [6.07, 6.45) is 0.744. The molecule has 0 aromatic heterocycles. The number of nitrogens with one attached hydrogen (secondary N) is 1. The Labute approximate surface area is 128 Å². The monoisotopic (exact) mass is 343 g/mol. The van der Waals surface area contributed by atoms with Gasteiger partial charge >= 0.3 is 0 Å². The molecule has 0 spiro atoms. The van der Waals surface area contributed by atoms with Crippen LogP contribution in [0.1, 0.15) is 45.3 Å². The molecular formula is C15H22BrNO3. The van der Waals surface area contributed by atoms with Crippen LogP contribution in [-0.4, -0.2) is 23.7 Å². The zero-order valence-electron chi connectivity index (χ0n) is 12.1. The Morgan fingerprint density at radius 1 is 1.45 bits per heavy atom. The van der Waals surface area contributed by atoms with Crippen molar-refractivity contribution in [2.24, 2.45) is 0 Å². The molecule has 112 valence electrons. The second-order valence-corrected chi connectivity index (χ2v) is 5.68. The van der Waals surface area contributed by atoms with Gasteiger partial charge in [0.05, 0.1) is 6.10 Å². The normalized spacial score (nSPS) is 13.7. The summed E-state index contributed by atoms with van der Waals surface area (Å²) in [6.45, 7) is 6.10. The van der Waals surface area contributed by atoms with Gasteiger partial charge in [0.25, 0.3) is 5.91 Å². The van der Waals surface area contributed by atoms with E-state index in [0.29, 0.717) is 17.9 Å². The first kappa shape index (κ1) is 17.0. The molecule has 0 radical (unpaired) electrons. The van der Waals surface area contributed by atoms with Crippen molar-refractivity contribution in [3.05, 3.63) is 28.2 Å². The van der Waals surface area contributed by atoms with E-state index in [0.717, 1.165) is 17.3 Å². The second-order valence-electron chi connectivity index (χ2n) is 4.76. The Kier molecular flexibility index (Phi) is 7.02. The van der Waals surface area contributed by atoms with Crippen LogP contribution in [0, 0.1) is 0 Å². The van der Waals surface area contributed by atoms with Crippen molar-refractivity contribution in [1.29, 1.82) is 0 Å². The van der Waals surface area contributed by atoms with Crippen molar-refractivity contribution in [3.8, 4) is 5.75 Å². The Balaban J connectivity index is 2.71. The van der Waals surface area contributed by atoms with Gasteiger partial charge in [-0.05, 0) is 32.4 Å². The van der Waals surface area contributed by atoms with Gasteiger partial charge in [0.2, 0.25) is 0 Å². The molecule has 0 fully saturated rings. The van der Waals surface area contributed by atoms with E-state index in [-0.39, 0.29) is 5.91 Å². The van der Waals surface area contributed by atoms with Gasteiger partial charge in [0.1, 0.15) is 5.75 Å². The van der Waals surface area contributed by atoms with E-state index in [1.807, 2.05) is 6.07 Å². The maximum Gasteiger partial charge on any atom is 0.260 e. The SMILES string of the molecule is CCCCNC(=O)C(C)Oc1cc(Br)ccc1C(C)O. The first-order valence-corrected chi connectivity index (χ1v) is 7.66. The minimum Gasteiger partial charge on any atom is -0.480 e. The topological polar surface area (TPSA) is 58.6 Å². The van der Waals surface area contributed by atoms with Crippen molar-refractivity contribution >= 4 is 21.8 Å². The van der Waals surface area contributed by atoms with Gasteiger partial charge in [-0.15, -0.1) is 0 Å². The van der Waals surface area contributed by atoms with Crippen LogP contribution >= 0.6 is 15.9 Å². The average molecular weight is 344 g/mol. The van der Waals surface area contributed by atoms with Crippen LogP contribution in [0.3, 0.4) is 0 Å². The molecule has 1 rings (SSSR count). The van der Waals surface area contributed by atoms with Gasteiger partial charge in [-0.1, -0.05) is 35.3 Å². The maximum absolute atomic E-state index is 11.9. The third-order valence-corrected chi connectivity index (χ3v) is 3.42. The van der Waals surface area contributed by atoms with Gasteiger partial charge in [0, 0.05) is 16.6 Å². The molecule has 1 aromatic carbocycles. The summed E-state index contributed by atoms with van der Waals surface area (Å²) in [5.74, 6) is 0.377. The number of rotatable bonds is 7. The number of ether oxygens (including phenoxy) is 1. The van der Waals surface area contributed by atoms with Gasteiger partial charge in [-0.2, -0.15) is 0 Å². The smallest absolute Gasteiger partial charge is 0.260 e. The molecule has 1 amide bonds. The molecule has 2 atom stereocenters. The van der Waals surface area contributed by atoms with E-state index in [9.17, 15) is 9.90 Å². The zero-order valence-corrected chi connectivity index (χ0v) is 13.7. The number of hydrogen-bond acceptors (Lipinski definition) is 3. The van der Waals surface area contributed by atoms with Crippen LogP contribution in [-0.2, 0) is 4.79 Å². The second kappa shape index (κ2) is 8.27. The molecular weight excluding hydrogens is 322 g/mol. The highest BCUT2D eigenvalue weighted by Gasteiger charge is 2.17. The summed E-state index contributed by atoms with van der Waals surface area (Å²) >= 11 is 3.36. The van der Waals surface area contributed by atoms with Gasteiger partial charge < -0.3 is 15.2 Å². The number of benzene rings is 1. The molecule has 0 aliphatic heterocycles. The van der Waals surface area contributed by atoms with E-state index < -0.39 is 12.2 Å². The summed E-state index contributed by atoms with van der Waals surface area (Å²) in [6, 6.07) is 5.38. The number of carbonyl (C=O) groups is 1. The summed E-state index contributed by atoms with van der Waals surface area (Å²) in [4.78, 5) is 11.9. The molecule has 0 bridgehead atoms. The fourth-order valence-electron chi connectivity index (χ4n) is 1.73. The molecule has 0 saturated heterocycles. The van der Waals surface area contributed by atoms with Gasteiger partial charge in [0.15, 0.2) is 6.10 Å². The fraction of sp³-hybridized carbons (Fsp3) is 0.533. The lowest BCUT2D eigenvalue weighted by Crippen LogP contribution is -2.37.